The smallest absolute Gasteiger partial charge is 0.272 e. The first kappa shape index (κ1) is 12.9. The van der Waals surface area contributed by atoms with Crippen molar-refractivity contribution in [2.75, 3.05) is 25.5 Å². The second kappa shape index (κ2) is 5.13. The van der Waals surface area contributed by atoms with Crippen LogP contribution in [0.25, 0.3) is 10.8 Å². The lowest BCUT2D eigenvalue weighted by molar-refractivity contribution is 0.261. The van der Waals surface area contributed by atoms with Gasteiger partial charge in [0, 0.05) is 18.3 Å². The Morgan fingerprint density at radius 3 is 2.85 bits per heavy atom. The van der Waals surface area contributed by atoms with Gasteiger partial charge in [-0.15, -0.1) is 0 Å². The number of anilines is 1. The lowest BCUT2D eigenvalue weighted by atomic mass is 10.0. The molecule has 1 atom stereocenters. The fourth-order valence-corrected chi connectivity index (χ4v) is 2.85. The van der Waals surface area contributed by atoms with Crippen molar-refractivity contribution >= 4 is 16.5 Å². The molecule has 1 aliphatic rings. The monoisotopic (exact) mass is 274 g/mol. The van der Waals surface area contributed by atoms with E-state index in [0.717, 1.165) is 31.6 Å². The quantitative estimate of drug-likeness (QED) is 0.754. The maximum Gasteiger partial charge on any atom is 0.272 e. The van der Waals surface area contributed by atoms with Crippen LogP contribution in [0.1, 0.15) is 12.8 Å². The number of rotatable bonds is 2. The maximum atomic E-state index is 12.0. The molecule has 20 heavy (non-hydrogen) atoms. The van der Waals surface area contributed by atoms with Gasteiger partial charge < -0.3 is 10.2 Å². The van der Waals surface area contributed by atoms with Crippen LogP contribution in [0.2, 0.25) is 0 Å². The van der Waals surface area contributed by atoms with Gasteiger partial charge in [0.05, 0.1) is 10.8 Å². The van der Waals surface area contributed by atoms with Gasteiger partial charge in [0.25, 0.3) is 11.1 Å². The summed E-state index contributed by atoms with van der Waals surface area (Å²) in [6.07, 6.45) is 2.21. The minimum absolute atomic E-state index is 0.271. The van der Waals surface area contributed by atoms with Gasteiger partial charge in [0.2, 0.25) is 0 Å². The van der Waals surface area contributed by atoms with Crippen LogP contribution in [-0.4, -0.2) is 41.3 Å². The molecule has 1 fully saturated rings. The molecule has 1 aliphatic heterocycles. The highest BCUT2D eigenvalue weighted by Crippen LogP contribution is 2.20. The van der Waals surface area contributed by atoms with Crippen molar-refractivity contribution in [2.24, 2.45) is 0 Å². The van der Waals surface area contributed by atoms with Crippen molar-refractivity contribution in [3.8, 4) is 0 Å². The zero-order chi connectivity index (χ0) is 14.1. The Balaban J connectivity index is 2.01. The van der Waals surface area contributed by atoms with E-state index in [9.17, 15) is 9.59 Å². The summed E-state index contributed by atoms with van der Waals surface area (Å²) in [7, 11) is 2.09. The van der Waals surface area contributed by atoms with Crippen LogP contribution in [0.5, 0.6) is 0 Å². The zero-order valence-corrected chi connectivity index (χ0v) is 11.4. The minimum Gasteiger partial charge on any atom is -0.380 e. The Kier molecular flexibility index (Phi) is 3.31. The topological polar surface area (TPSA) is 81.0 Å². The Hall–Kier alpha value is -2.08. The molecule has 0 aliphatic carbocycles. The third-order valence-corrected chi connectivity index (χ3v) is 3.81. The number of fused-ring (bicyclic) bond motifs is 1. The van der Waals surface area contributed by atoms with Gasteiger partial charge in [0.15, 0.2) is 0 Å². The van der Waals surface area contributed by atoms with E-state index >= 15 is 0 Å². The number of nitrogens with zero attached hydrogens (tertiary/aromatic N) is 1. The van der Waals surface area contributed by atoms with E-state index in [1.807, 2.05) is 6.07 Å². The summed E-state index contributed by atoms with van der Waals surface area (Å²) in [5.74, 6) is 0. The summed E-state index contributed by atoms with van der Waals surface area (Å²) in [5, 5.41) is 9.00. The van der Waals surface area contributed by atoms with E-state index in [-0.39, 0.29) is 11.1 Å². The summed E-state index contributed by atoms with van der Waals surface area (Å²) in [6.45, 7) is 2.05. The fraction of sp³-hybridized carbons (Fsp3) is 0.429. The van der Waals surface area contributed by atoms with Crippen LogP contribution < -0.4 is 16.4 Å². The van der Waals surface area contributed by atoms with Gasteiger partial charge in [-0.05, 0) is 38.6 Å². The van der Waals surface area contributed by atoms with Gasteiger partial charge in [-0.1, -0.05) is 6.07 Å². The third kappa shape index (κ3) is 2.34. The number of piperidine rings is 1. The predicted octanol–water partition coefficient (Wildman–Crippen LogP) is 0.723. The van der Waals surface area contributed by atoms with Crippen molar-refractivity contribution in [3.05, 3.63) is 38.9 Å². The van der Waals surface area contributed by atoms with Gasteiger partial charge in [-0.25, -0.2) is 0 Å². The second-order valence-corrected chi connectivity index (χ2v) is 5.38. The molecule has 0 bridgehead atoms. The molecule has 0 radical (unpaired) electrons. The first-order valence-corrected chi connectivity index (χ1v) is 6.84. The van der Waals surface area contributed by atoms with Crippen molar-refractivity contribution in [2.45, 2.75) is 18.9 Å². The average molecular weight is 274 g/mol. The molecule has 0 saturated carbocycles. The number of hydrogen-bond donors (Lipinski definition) is 3. The molecule has 2 heterocycles. The predicted molar refractivity (Wildman–Crippen MR) is 79.3 cm³/mol. The zero-order valence-electron chi connectivity index (χ0n) is 11.4. The van der Waals surface area contributed by atoms with E-state index in [2.05, 4.69) is 27.5 Å². The van der Waals surface area contributed by atoms with E-state index in [1.165, 1.54) is 0 Å². The molecular formula is C14H18N4O2. The van der Waals surface area contributed by atoms with Gasteiger partial charge in [-0.2, -0.15) is 0 Å². The van der Waals surface area contributed by atoms with E-state index in [0.29, 0.717) is 16.8 Å². The van der Waals surface area contributed by atoms with Crippen LogP contribution >= 0.6 is 0 Å². The molecule has 1 unspecified atom stereocenters. The number of aromatic nitrogens is 2. The van der Waals surface area contributed by atoms with Gasteiger partial charge in [-0.3, -0.25) is 19.8 Å². The molecule has 3 N–H and O–H groups in total. The van der Waals surface area contributed by atoms with Crippen molar-refractivity contribution in [3.63, 3.8) is 0 Å². The molecule has 0 spiro atoms. The summed E-state index contributed by atoms with van der Waals surface area (Å²) in [4.78, 5) is 26.0. The standard InChI is InChI=1S/C14H18N4O2/c1-18-7-3-4-9(8-18)15-11-6-2-5-10-12(11)14(20)17-16-13(10)19/h2,5-6,9,15H,3-4,7-8H2,1H3,(H,16,19)(H,17,20). The lowest BCUT2D eigenvalue weighted by Crippen LogP contribution is -2.40. The third-order valence-electron chi connectivity index (χ3n) is 3.81. The summed E-state index contributed by atoms with van der Waals surface area (Å²) in [5.41, 5.74) is 0.186. The Labute approximate surface area is 115 Å². The number of nitrogens with one attached hydrogen (secondary N) is 3. The highest BCUT2D eigenvalue weighted by atomic mass is 16.1. The number of aromatic amines is 2. The summed E-state index contributed by atoms with van der Waals surface area (Å²) < 4.78 is 0. The fourth-order valence-electron chi connectivity index (χ4n) is 2.85. The Bertz CT molecular complexity index is 734. The van der Waals surface area contributed by atoms with Crippen molar-refractivity contribution in [1.82, 2.24) is 15.1 Å². The molecule has 2 aromatic rings. The van der Waals surface area contributed by atoms with Crippen molar-refractivity contribution < 1.29 is 0 Å². The number of hydrogen-bond acceptors (Lipinski definition) is 4. The Morgan fingerprint density at radius 1 is 1.25 bits per heavy atom. The molecule has 6 nitrogen and oxygen atoms in total. The number of likely N-dealkylation sites (tertiary alicyclic amines) is 1. The van der Waals surface area contributed by atoms with E-state index < -0.39 is 0 Å². The summed E-state index contributed by atoms with van der Waals surface area (Å²) >= 11 is 0. The van der Waals surface area contributed by atoms with Crippen LogP contribution in [0.3, 0.4) is 0 Å². The largest absolute Gasteiger partial charge is 0.380 e. The average Bonchev–Trinajstić information content (AvgIpc) is 2.43. The van der Waals surface area contributed by atoms with Gasteiger partial charge in [0.1, 0.15) is 0 Å². The maximum absolute atomic E-state index is 12.0. The highest BCUT2D eigenvalue weighted by molar-refractivity contribution is 5.92. The molecule has 106 valence electrons. The molecule has 1 saturated heterocycles. The van der Waals surface area contributed by atoms with Crippen LogP contribution in [-0.2, 0) is 0 Å². The summed E-state index contributed by atoms with van der Waals surface area (Å²) in [6, 6.07) is 5.62. The van der Waals surface area contributed by atoms with Crippen molar-refractivity contribution in [1.29, 1.82) is 0 Å². The lowest BCUT2D eigenvalue weighted by Gasteiger charge is -2.31. The molecule has 0 amide bonds. The number of H-pyrrole nitrogens is 2. The van der Waals surface area contributed by atoms with Crippen LogP contribution in [0.15, 0.2) is 27.8 Å². The number of likely N-dealkylation sites (N-methyl/N-ethyl adjacent to an activating group) is 1. The molecular weight excluding hydrogens is 256 g/mol. The highest BCUT2D eigenvalue weighted by Gasteiger charge is 2.18. The van der Waals surface area contributed by atoms with E-state index in [4.69, 9.17) is 0 Å². The first-order chi connectivity index (χ1) is 9.65. The SMILES string of the molecule is CN1CCCC(Nc2cccc3c(=O)[nH][nH]c(=O)c23)C1. The molecule has 1 aromatic carbocycles. The minimum atomic E-state index is -0.274. The molecule has 6 heteroatoms. The van der Waals surface area contributed by atoms with Gasteiger partial charge >= 0.3 is 0 Å². The molecule has 3 rings (SSSR count). The van der Waals surface area contributed by atoms with E-state index in [1.54, 1.807) is 12.1 Å². The molecule has 1 aromatic heterocycles. The second-order valence-electron chi connectivity index (χ2n) is 5.38. The van der Waals surface area contributed by atoms with Crippen LogP contribution in [0.4, 0.5) is 5.69 Å². The Morgan fingerprint density at radius 2 is 2.05 bits per heavy atom. The van der Waals surface area contributed by atoms with Crippen LogP contribution in [0, 0.1) is 0 Å². The first-order valence-electron chi connectivity index (χ1n) is 6.84. The number of benzene rings is 1. The normalized spacial score (nSPS) is 20.1.